The van der Waals surface area contributed by atoms with E-state index in [1.165, 1.54) is 6.42 Å². The number of aromatic carboxylic acids is 1. The van der Waals surface area contributed by atoms with Crippen LogP contribution < -0.4 is 15.1 Å². The van der Waals surface area contributed by atoms with Gasteiger partial charge in [0.25, 0.3) is 0 Å². The van der Waals surface area contributed by atoms with Gasteiger partial charge >= 0.3 is 5.97 Å². The summed E-state index contributed by atoms with van der Waals surface area (Å²) in [4.78, 5) is 20.3. The van der Waals surface area contributed by atoms with E-state index in [1.807, 2.05) is 41.3 Å². The van der Waals surface area contributed by atoms with Gasteiger partial charge in [0.15, 0.2) is 5.11 Å². The molecule has 0 spiro atoms. The number of carboxylic acid groups (broad SMARTS) is 1. The first-order chi connectivity index (χ1) is 19.8. The molecule has 2 aliphatic heterocycles. The van der Waals surface area contributed by atoms with Crippen LogP contribution >= 0.6 is 23.8 Å². The molecule has 9 heteroatoms. The summed E-state index contributed by atoms with van der Waals surface area (Å²) < 4.78 is 6.42. The Balaban J connectivity index is 1.37. The maximum absolute atomic E-state index is 11.3. The molecule has 0 radical (unpaired) electrons. The number of thiocarbonyl (C=S) groups is 1. The molecule has 6 rings (SSSR count). The second-order valence-electron chi connectivity index (χ2n) is 11.1. The van der Waals surface area contributed by atoms with Gasteiger partial charge in [-0.1, -0.05) is 43.6 Å². The molecule has 7 nitrogen and oxygen atoms in total. The van der Waals surface area contributed by atoms with Crippen LogP contribution in [-0.2, 0) is 0 Å². The number of pyridine rings is 1. The molecule has 0 amide bonds. The molecule has 0 unspecified atom stereocenters. The fourth-order valence-corrected chi connectivity index (χ4v) is 6.77. The highest BCUT2D eigenvalue weighted by Crippen LogP contribution is 2.44. The number of hydrogen-bond donors (Lipinski definition) is 2. The zero-order valence-corrected chi connectivity index (χ0v) is 24.4. The van der Waals surface area contributed by atoms with Crippen molar-refractivity contribution in [1.29, 1.82) is 0 Å². The summed E-state index contributed by atoms with van der Waals surface area (Å²) in [6.07, 6.45) is 3.00. The van der Waals surface area contributed by atoms with Gasteiger partial charge in [-0.15, -0.1) is 0 Å². The van der Waals surface area contributed by atoms with Crippen LogP contribution in [0.25, 0.3) is 11.3 Å². The van der Waals surface area contributed by atoms with E-state index in [2.05, 4.69) is 41.2 Å². The predicted octanol–water partition coefficient (Wildman–Crippen LogP) is 7.35. The highest BCUT2D eigenvalue weighted by Gasteiger charge is 2.43. The number of hydrogen-bond acceptors (Lipinski definition) is 5. The summed E-state index contributed by atoms with van der Waals surface area (Å²) in [5.74, 6) is 1.59. The molecule has 2 aliphatic rings. The third-order valence-corrected chi connectivity index (χ3v) is 8.47. The van der Waals surface area contributed by atoms with Gasteiger partial charge in [0.1, 0.15) is 17.6 Å². The molecule has 210 valence electrons. The van der Waals surface area contributed by atoms with Crippen molar-refractivity contribution in [2.24, 2.45) is 11.8 Å². The zero-order chi connectivity index (χ0) is 28.7. The first-order valence-corrected chi connectivity index (χ1v) is 14.6. The highest BCUT2D eigenvalue weighted by molar-refractivity contribution is 7.80. The quantitative estimate of drug-likeness (QED) is 0.227. The van der Waals surface area contributed by atoms with Crippen molar-refractivity contribution in [3.63, 3.8) is 0 Å². The lowest BCUT2D eigenvalue weighted by molar-refractivity contribution is 0.0697. The van der Waals surface area contributed by atoms with E-state index < -0.39 is 5.97 Å². The Labute approximate surface area is 249 Å². The smallest absolute Gasteiger partial charge is 0.335 e. The number of carboxylic acids is 1. The third-order valence-electron chi connectivity index (χ3n) is 7.85. The van der Waals surface area contributed by atoms with Crippen LogP contribution in [0.3, 0.4) is 0 Å². The third kappa shape index (κ3) is 5.42. The molecular weight excluding hydrogens is 556 g/mol. The fraction of sp³-hybridized carbons (Fsp3) is 0.281. The summed E-state index contributed by atoms with van der Waals surface area (Å²) in [5, 5.41) is 14.0. The summed E-state index contributed by atoms with van der Waals surface area (Å²) in [7, 11) is 0. The van der Waals surface area contributed by atoms with Crippen LogP contribution in [0.1, 0.15) is 54.2 Å². The maximum Gasteiger partial charge on any atom is 0.335 e. The number of anilines is 2. The minimum absolute atomic E-state index is 0.223. The van der Waals surface area contributed by atoms with Crippen molar-refractivity contribution >= 4 is 46.3 Å². The van der Waals surface area contributed by atoms with Gasteiger partial charge < -0.3 is 24.6 Å². The Morgan fingerprint density at radius 1 is 1.05 bits per heavy atom. The molecule has 0 saturated carbocycles. The fourth-order valence-electron chi connectivity index (χ4n) is 6.13. The molecule has 2 aromatic heterocycles. The monoisotopic (exact) mass is 586 g/mol. The Hall–Kier alpha value is -3.88. The van der Waals surface area contributed by atoms with E-state index in [1.54, 1.807) is 30.5 Å². The molecule has 2 fully saturated rings. The number of halogens is 1. The topological polar surface area (TPSA) is 81.8 Å². The van der Waals surface area contributed by atoms with E-state index in [-0.39, 0.29) is 17.6 Å². The Kier molecular flexibility index (Phi) is 7.45. The van der Waals surface area contributed by atoms with Gasteiger partial charge in [-0.05, 0) is 85.1 Å². The SMILES string of the molecule is C[C@@H]1C[C@H](C)CN(c2ccc(N3C(=S)N[C@H](c4ccccn4)[C@@H]3c3ccc(-c4ccc(C(=O)O)cc4)o3)cc2Cl)C1. The molecule has 4 aromatic rings. The lowest BCUT2D eigenvalue weighted by Crippen LogP contribution is -2.38. The van der Waals surface area contributed by atoms with E-state index in [0.717, 1.165) is 35.7 Å². The van der Waals surface area contributed by atoms with E-state index in [4.69, 9.17) is 28.2 Å². The van der Waals surface area contributed by atoms with Crippen molar-refractivity contribution in [2.45, 2.75) is 32.4 Å². The molecule has 41 heavy (non-hydrogen) atoms. The normalized spacial score (nSPS) is 22.6. The van der Waals surface area contributed by atoms with Crippen LogP contribution in [0.2, 0.25) is 5.02 Å². The van der Waals surface area contributed by atoms with Gasteiger partial charge in [0, 0.05) is 30.5 Å². The van der Waals surface area contributed by atoms with E-state index >= 15 is 0 Å². The van der Waals surface area contributed by atoms with Crippen LogP contribution in [0.4, 0.5) is 11.4 Å². The minimum Gasteiger partial charge on any atom is -0.478 e. The Bertz CT molecular complexity index is 1570. The number of benzene rings is 2. The molecule has 4 heterocycles. The van der Waals surface area contributed by atoms with Crippen LogP contribution in [0, 0.1) is 11.8 Å². The minimum atomic E-state index is -0.968. The second kappa shape index (κ2) is 11.2. The Morgan fingerprint density at radius 3 is 2.46 bits per heavy atom. The van der Waals surface area contributed by atoms with Crippen molar-refractivity contribution in [1.82, 2.24) is 10.3 Å². The predicted molar refractivity (Wildman–Crippen MR) is 166 cm³/mol. The molecule has 2 N–H and O–H groups in total. The Morgan fingerprint density at radius 2 is 1.80 bits per heavy atom. The molecule has 0 bridgehead atoms. The van der Waals surface area contributed by atoms with Crippen LogP contribution in [0.5, 0.6) is 0 Å². The molecular formula is C32H31ClN4O3S. The number of piperidine rings is 1. The standard InChI is InChI=1S/C32H31ClN4O3S/c1-19-15-20(2)18-36(17-19)26-11-10-23(16-24(26)33)37-30(29(35-32(37)41)25-5-3-4-14-34-25)28-13-12-27(40-28)21-6-8-22(9-7-21)31(38)39/h3-14,16,19-20,29-30H,15,17-18H2,1-2H3,(H,35,41)(H,38,39)/t19-,20+,29-,30+/m1/s1. The maximum atomic E-state index is 11.3. The molecule has 2 saturated heterocycles. The molecule has 0 aliphatic carbocycles. The second-order valence-corrected chi connectivity index (χ2v) is 11.9. The number of carbonyl (C=O) groups is 1. The van der Waals surface area contributed by atoms with Gasteiger partial charge in [-0.25, -0.2) is 4.79 Å². The van der Waals surface area contributed by atoms with Crippen molar-refractivity contribution < 1.29 is 14.3 Å². The largest absolute Gasteiger partial charge is 0.478 e. The first kappa shape index (κ1) is 27.3. The van der Waals surface area contributed by atoms with Gasteiger partial charge in [0.2, 0.25) is 0 Å². The summed E-state index contributed by atoms with van der Waals surface area (Å²) in [5.41, 5.74) is 3.75. The number of nitrogens with one attached hydrogen (secondary N) is 1. The number of nitrogens with zero attached hydrogens (tertiary/aromatic N) is 3. The molecule has 4 atom stereocenters. The van der Waals surface area contributed by atoms with Crippen molar-refractivity contribution in [2.75, 3.05) is 22.9 Å². The summed E-state index contributed by atoms with van der Waals surface area (Å²) >= 11 is 12.8. The summed E-state index contributed by atoms with van der Waals surface area (Å²) in [6.45, 7) is 6.56. The van der Waals surface area contributed by atoms with Crippen molar-refractivity contribution in [3.8, 4) is 11.3 Å². The molecule has 2 aromatic carbocycles. The van der Waals surface area contributed by atoms with Gasteiger partial charge in [-0.2, -0.15) is 0 Å². The van der Waals surface area contributed by atoms with Crippen LogP contribution in [-0.4, -0.2) is 34.3 Å². The zero-order valence-electron chi connectivity index (χ0n) is 22.8. The van der Waals surface area contributed by atoms with E-state index in [0.29, 0.717) is 33.5 Å². The van der Waals surface area contributed by atoms with Crippen molar-refractivity contribution in [3.05, 3.63) is 101 Å². The van der Waals surface area contributed by atoms with Gasteiger partial charge in [0.05, 0.1) is 28.0 Å². The first-order valence-electron chi connectivity index (χ1n) is 13.8. The average Bonchev–Trinajstić information content (AvgIpc) is 3.57. The lowest BCUT2D eigenvalue weighted by Gasteiger charge is -2.37. The number of rotatable bonds is 6. The van der Waals surface area contributed by atoms with Crippen LogP contribution in [0.15, 0.2) is 83.4 Å². The van der Waals surface area contributed by atoms with Gasteiger partial charge in [-0.3, -0.25) is 4.98 Å². The lowest BCUT2D eigenvalue weighted by atomic mass is 9.91. The highest BCUT2D eigenvalue weighted by atomic mass is 35.5. The number of aromatic nitrogens is 1. The number of furan rings is 1. The summed E-state index contributed by atoms with van der Waals surface area (Å²) in [6, 6.07) is 21.8. The van der Waals surface area contributed by atoms with E-state index in [9.17, 15) is 9.90 Å². The average molecular weight is 587 g/mol.